The first-order valence-corrected chi connectivity index (χ1v) is 8.07. The Morgan fingerprint density at radius 2 is 2.05 bits per heavy atom. The van der Waals surface area contributed by atoms with Crippen LogP contribution >= 0.6 is 22.6 Å². The molecule has 2 atom stereocenters. The summed E-state index contributed by atoms with van der Waals surface area (Å²) in [5, 5.41) is 2.66. The molecular weight excluding hydrogens is 385 g/mol. The number of carbonyl (C=O) groups is 1. The van der Waals surface area contributed by atoms with E-state index >= 15 is 0 Å². The molecule has 0 aromatic heterocycles. The van der Waals surface area contributed by atoms with Crippen LogP contribution < -0.4 is 5.32 Å². The van der Waals surface area contributed by atoms with Gasteiger partial charge >= 0.3 is 6.09 Å². The van der Waals surface area contributed by atoms with E-state index in [9.17, 15) is 4.79 Å². The lowest BCUT2D eigenvalue weighted by Gasteiger charge is -2.24. The van der Waals surface area contributed by atoms with Crippen LogP contribution in [0.5, 0.6) is 0 Å². The van der Waals surface area contributed by atoms with Gasteiger partial charge in [0, 0.05) is 29.2 Å². The zero-order chi connectivity index (χ0) is 15.7. The predicted octanol–water partition coefficient (Wildman–Crippen LogP) is 3.83. The Morgan fingerprint density at radius 1 is 1.33 bits per heavy atom. The average Bonchev–Trinajstić information content (AvgIpc) is 2.50. The number of halogens is 1. The van der Waals surface area contributed by atoms with Gasteiger partial charge in [-0.2, -0.15) is 0 Å². The summed E-state index contributed by atoms with van der Waals surface area (Å²) in [7, 11) is 1.57. The highest BCUT2D eigenvalue weighted by Gasteiger charge is 2.21. The van der Waals surface area contributed by atoms with Gasteiger partial charge in [0.25, 0.3) is 0 Å². The first-order valence-electron chi connectivity index (χ1n) is 6.99. The minimum Gasteiger partial charge on any atom is -0.420 e. The lowest BCUT2D eigenvalue weighted by Crippen LogP contribution is -2.31. The average molecular weight is 407 g/mol. The third-order valence-electron chi connectivity index (χ3n) is 2.74. The number of hydrogen-bond acceptors (Lipinski definition) is 4. The molecule has 0 aliphatic carbocycles. The Labute approximate surface area is 139 Å². The molecule has 0 unspecified atom stereocenters. The van der Waals surface area contributed by atoms with E-state index in [-0.39, 0.29) is 0 Å². The van der Waals surface area contributed by atoms with E-state index in [1.165, 1.54) is 0 Å². The van der Waals surface area contributed by atoms with Crippen LogP contribution in [0, 0.1) is 3.57 Å². The van der Waals surface area contributed by atoms with Crippen molar-refractivity contribution in [1.82, 2.24) is 5.32 Å². The van der Waals surface area contributed by atoms with Crippen LogP contribution in [0.3, 0.4) is 0 Å². The normalized spacial score (nSPS) is 13.5. The topological polar surface area (TPSA) is 56.8 Å². The van der Waals surface area contributed by atoms with Crippen molar-refractivity contribution in [3.05, 3.63) is 33.4 Å². The fourth-order valence-corrected chi connectivity index (χ4v) is 2.30. The van der Waals surface area contributed by atoms with E-state index < -0.39 is 18.7 Å². The number of rotatable bonds is 8. The summed E-state index contributed by atoms with van der Waals surface area (Å²) < 4.78 is 17.4. The molecular formula is C15H22INO4. The Morgan fingerprint density at radius 3 is 2.62 bits per heavy atom. The van der Waals surface area contributed by atoms with E-state index in [2.05, 4.69) is 27.9 Å². The number of nitrogens with one attached hydrogen (secondary N) is 1. The highest BCUT2D eigenvalue weighted by atomic mass is 127. The molecule has 1 aromatic rings. The van der Waals surface area contributed by atoms with Crippen LogP contribution in [0.25, 0.3) is 0 Å². The van der Waals surface area contributed by atoms with Crippen molar-refractivity contribution in [3.8, 4) is 0 Å². The van der Waals surface area contributed by atoms with Crippen molar-refractivity contribution in [2.45, 2.75) is 39.3 Å². The predicted molar refractivity (Wildman–Crippen MR) is 88.8 cm³/mol. The van der Waals surface area contributed by atoms with Gasteiger partial charge in [-0.1, -0.05) is 32.0 Å². The number of amides is 1. The number of benzene rings is 1. The lowest BCUT2D eigenvalue weighted by molar-refractivity contribution is -0.223. The Bertz CT molecular complexity index is 441. The molecule has 118 valence electrons. The second-order valence-corrected chi connectivity index (χ2v) is 5.56. The van der Waals surface area contributed by atoms with Gasteiger partial charge in [0.05, 0.1) is 0 Å². The fourth-order valence-electron chi connectivity index (χ4n) is 1.66. The SMILES string of the molecule is CCCNC(=O)O[C@@H](CC)O[C@H](OC)c1ccccc1I. The number of alkyl carbamates (subject to hydrolysis) is 1. The standard InChI is InChI=1S/C15H22INO4/c1-4-10-17-15(18)21-13(5-2)20-14(19-3)11-8-6-7-9-12(11)16/h6-9,13-14H,4-5,10H2,1-3H3,(H,17,18)/t13-,14-/m0/s1. The van der Waals surface area contributed by atoms with Crippen LogP contribution in [0.4, 0.5) is 4.79 Å². The molecule has 1 rings (SSSR count). The molecule has 0 radical (unpaired) electrons. The van der Waals surface area contributed by atoms with E-state index in [0.717, 1.165) is 15.6 Å². The molecule has 21 heavy (non-hydrogen) atoms. The van der Waals surface area contributed by atoms with Crippen LogP contribution in [0.15, 0.2) is 24.3 Å². The third kappa shape index (κ3) is 6.19. The first-order chi connectivity index (χ1) is 10.1. The van der Waals surface area contributed by atoms with Crippen LogP contribution in [-0.4, -0.2) is 26.0 Å². The number of ether oxygens (including phenoxy) is 3. The van der Waals surface area contributed by atoms with Gasteiger partial charge in [0.2, 0.25) is 6.29 Å². The van der Waals surface area contributed by atoms with Crippen LogP contribution in [-0.2, 0) is 14.2 Å². The first kappa shape index (κ1) is 18.2. The van der Waals surface area contributed by atoms with Crippen molar-refractivity contribution in [3.63, 3.8) is 0 Å². The van der Waals surface area contributed by atoms with E-state index in [1.807, 2.05) is 38.1 Å². The lowest BCUT2D eigenvalue weighted by atomic mass is 10.2. The summed E-state index contributed by atoms with van der Waals surface area (Å²) in [6.07, 6.45) is -0.287. The number of carbonyl (C=O) groups excluding carboxylic acids is 1. The number of methoxy groups -OCH3 is 1. The zero-order valence-corrected chi connectivity index (χ0v) is 14.8. The molecule has 0 bridgehead atoms. The minimum atomic E-state index is -0.650. The fraction of sp³-hybridized carbons (Fsp3) is 0.533. The van der Waals surface area contributed by atoms with Crippen molar-refractivity contribution in [2.75, 3.05) is 13.7 Å². The van der Waals surface area contributed by atoms with Crippen LogP contribution in [0.1, 0.15) is 38.5 Å². The summed E-state index contributed by atoms with van der Waals surface area (Å²) in [6, 6.07) is 7.77. The third-order valence-corrected chi connectivity index (χ3v) is 3.72. The summed E-state index contributed by atoms with van der Waals surface area (Å²) in [5.41, 5.74) is 0.914. The van der Waals surface area contributed by atoms with Gasteiger partial charge in [0.15, 0.2) is 6.29 Å². The Balaban J connectivity index is 2.65. The molecule has 0 heterocycles. The molecule has 1 aromatic carbocycles. The Kier molecular flexibility index (Phi) is 8.63. The van der Waals surface area contributed by atoms with Gasteiger partial charge < -0.3 is 19.5 Å². The highest BCUT2D eigenvalue weighted by molar-refractivity contribution is 14.1. The quantitative estimate of drug-likeness (QED) is 0.526. The zero-order valence-electron chi connectivity index (χ0n) is 12.6. The van der Waals surface area contributed by atoms with E-state index in [4.69, 9.17) is 14.2 Å². The van der Waals surface area contributed by atoms with Crippen molar-refractivity contribution < 1.29 is 19.0 Å². The monoisotopic (exact) mass is 407 g/mol. The van der Waals surface area contributed by atoms with Crippen LogP contribution in [0.2, 0.25) is 0 Å². The van der Waals surface area contributed by atoms with Gasteiger partial charge in [-0.25, -0.2) is 4.79 Å². The van der Waals surface area contributed by atoms with E-state index in [0.29, 0.717) is 13.0 Å². The van der Waals surface area contributed by atoms with Gasteiger partial charge in [-0.05, 0) is 35.1 Å². The summed E-state index contributed by atoms with van der Waals surface area (Å²) >= 11 is 2.22. The molecule has 1 N–H and O–H groups in total. The molecule has 0 saturated carbocycles. The van der Waals surface area contributed by atoms with Gasteiger partial charge in [0.1, 0.15) is 0 Å². The second kappa shape index (κ2) is 9.97. The number of hydrogen-bond donors (Lipinski definition) is 1. The van der Waals surface area contributed by atoms with Crippen molar-refractivity contribution in [1.29, 1.82) is 0 Å². The molecule has 0 saturated heterocycles. The molecule has 1 amide bonds. The van der Waals surface area contributed by atoms with Crippen molar-refractivity contribution >= 4 is 28.7 Å². The van der Waals surface area contributed by atoms with Gasteiger partial charge in [-0.15, -0.1) is 0 Å². The highest BCUT2D eigenvalue weighted by Crippen LogP contribution is 2.25. The minimum absolute atomic E-state index is 0.471. The molecule has 6 heteroatoms. The summed E-state index contributed by atoms with van der Waals surface area (Å²) in [6.45, 7) is 4.45. The maximum absolute atomic E-state index is 11.6. The largest absolute Gasteiger partial charge is 0.420 e. The molecule has 0 fully saturated rings. The smallest absolute Gasteiger partial charge is 0.409 e. The Hall–Kier alpha value is -0.860. The molecule has 0 spiro atoms. The van der Waals surface area contributed by atoms with Crippen molar-refractivity contribution in [2.24, 2.45) is 0 Å². The molecule has 0 aliphatic rings. The molecule has 0 aliphatic heterocycles. The van der Waals surface area contributed by atoms with Gasteiger partial charge in [-0.3, -0.25) is 0 Å². The van der Waals surface area contributed by atoms with E-state index in [1.54, 1.807) is 7.11 Å². The maximum Gasteiger partial charge on any atom is 0.409 e. The summed E-state index contributed by atoms with van der Waals surface area (Å²) in [5.74, 6) is 0. The molecule has 5 nitrogen and oxygen atoms in total. The maximum atomic E-state index is 11.6. The summed E-state index contributed by atoms with van der Waals surface area (Å²) in [4.78, 5) is 11.6. The second-order valence-electron chi connectivity index (χ2n) is 4.40.